The number of rotatable bonds is 4. The smallest absolute Gasteiger partial charge is 0.257 e. The van der Waals surface area contributed by atoms with Crippen molar-refractivity contribution in [1.29, 1.82) is 0 Å². The summed E-state index contributed by atoms with van der Waals surface area (Å²) in [5, 5.41) is 1.11. The van der Waals surface area contributed by atoms with Crippen LogP contribution in [0.1, 0.15) is 30.0 Å². The van der Waals surface area contributed by atoms with E-state index in [2.05, 4.69) is 23.2 Å². The van der Waals surface area contributed by atoms with Gasteiger partial charge in [-0.1, -0.05) is 47.6 Å². The second kappa shape index (κ2) is 7.33. The first kappa shape index (κ1) is 17.4. The molecule has 1 aliphatic rings. The van der Waals surface area contributed by atoms with Crippen LogP contribution >= 0.6 is 23.4 Å². The Hall–Kier alpha value is -1.98. The molecule has 2 aromatic carbocycles. The van der Waals surface area contributed by atoms with E-state index in [0.717, 1.165) is 19.3 Å². The molecule has 0 saturated heterocycles. The number of amides is 1. The zero-order valence-electron chi connectivity index (χ0n) is 14.4. The van der Waals surface area contributed by atoms with Gasteiger partial charge >= 0.3 is 0 Å². The molecule has 1 amide bonds. The van der Waals surface area contributed by atoms with Crippen molar-refractivity contribution in [2.24, 2.45) is 0 Å². The molecule has 4 rings (SSSR count). The number of hydrogen-bond donors (Lipinski definition) is 0. The van der Waals surface area contributed by atoms with Crippen molar-refractivity contribution in [2.75, 3.05) is 12.8 Å². The lowest BCUT2D eigenvalue weighted by molar-refractivity contribution is -0.129. The fraction of sp³-hybridized carbons (Fsp3) is 0.300. The molecule has 1 unspecified atom stereocenters. The number of halogens is 1. The van der Waals surface area contributed by atoms with Gasteiger partial charge in [-0.3, -0.25) is 4.79 Å². The maximum Gasteiger partial charge on any atom is 0.257 e. The van der Waals surface area contributed by atoms with Crippen molar-refractivity contribution in [2.45, 2.75) is 30.5 Å². The average Bonchev–Trinajstić information content (AvgIpc) is 3.07. The van der Waals surface area contributed by atoms with E-state index in [1.54, 1.807) is 18.2 Å². The molecular formula is C20H19ClN2O2S. The number of benzene rings is 2. The fourth-order valence-electron chi connectivity index (χ4n) is 3.47. The predicted octanol–water partition coefficient (Wildman–Crippen LogP) is 5.11. The third kappa shape index (κ3) is 3.46. The van der Waals surface area contributed by atoms with Crippen molar-refractivity contribution >= 4 is 40.4 Å². The van der Waals surface area contributed by atoms with Crippen LogP contribution in [-0.2, 0) is 11.2 Å². The van der Waals surface area contributed by atoms with Crippen LogP contribution in [0.2, 0.25) is 5.02 Å². The molecule has 0 bridgehead atoms. The second-order valence-electron chi connectivity index (χ2n) is 6.49. The van der Waals surface area contributed by atoms with Crippen LogP contribution in [0.15, 0.2) is 52.1 Å². The molecule has 26 heavy (non-hydrogen) atoms. The van der Waals surface area contributed by atoms with E-state index in [1.807, 2.05) is 18.0 Å². The predicted molar refractivity (Wildman–Crippen MR) is 105 cm³/mol. The van der Waals surface area contributed by atoms with Gasteiger partial charge in [0.25, 0.3) is 5.22 Å². The molecular weight excluding hydrogens is 368 g/mol. The maximum atomic E-state index is 12.7. The molecule has 3 aromatic rings. The highest BCUT2D eigenvalue weighted by Gasteiger charge is 2.26. The molecule has 0 radical (unpaired) electrons. The topological polar surface area (TPSA) is 46.3 Å². The molecule has 1 heterocycles. The Morgan fingerprint density at radius 1 is 1.35 bits per heavy atom. The van der Waals surface area contributed by atoms with Gasteiger partial charge in [-0.05, 0) is 48.6 Å². The van der Waals surface area contributed by atoms with Gasteiger partial charge in [0.1, 0.15) is 5.52 Å². The number of carbonyl (C=O) groups is 1. The minimum atomic E-state index is 0.0805. The summed E-state index contributed by atoms with van der Waals surface area (Å²) in [6.07, 6.45) is 3.21. The number of oxazole rings is 1. The first-order valence-electron chi connectivity index (χ1n) is 8.64. The summed E-state index contributed by atoms with van der Waals surface area (Å²) in [4.78, 5) is 19.0. The van der Waals surface area contributed by atoms with Crippen LogP contribution in [0.3, 0.4) is 0 Å². The van der Waals surface area contributed by atoms with E-state index in [0.29, 0.717) is 27.1 Å². The Morgan fingerprint density at radius 2 is 2.19 bits per heavy atom. The van der Waals surface area contributed by atoms with Crippen molar-refractivity contribution < 1.29 is 9.21 Å². The highest BCUT2D eigenvalue weighted by atomic mass is 35.5. The van der Waals surface area contributed by atoms with E-state index in [4.69, 9.17) is 16.0 Å². The summed E-state index contributed by atoms with van der Waals surface area (Å²) in [7, 11) is 1.89. The highest BCUT2D eigenvalue weighted by Crippen LogP contribution is 2.34. The molecule has 1 atom stereocenters. The second-order valence-corrected chi connectivity index (χ2v) is 7.86. The molecule has 0 spiro atoms. The van der Waals surface area contributed by atoms with E-state index < -0.39 is 0 Å². The minimum Gasteiger partial charge on any atom is -0.431 e. The fourth-order valence-corrected chi connectivity index (χ4v) is 4.40. The number of fused-ring (bicyclic) bond motifs is 2. The third-order valence-electron chi connectivity index (χ3n) is 4.85. The van der Waals surface area contributed by atoms with Gasteiger partial charge in [-0.15, -0.1) is 0 Å². The Balaban J connectivity index is 1.44. The number of carbonyl (C=O) groups excluding carboxylic acids is 1. The maximum absolute atomic E-state index is 12.7. The van der Waals surface area contributed by atoms with Gasteiger partial charge in [0.15, 0.2) is 5.58 Å². The van der Waals surface area contributed by atoms with Gasteiger partial charge in [0, 0.05) is 12.1 Å². The molecule has 6 heteroatoms. The standard InChI is InChI=1S/C20H19ClN2O2S/c1-23(17-8-4-6-13-5-2-3-7-15(13)17)19(24)12-26-20-22-16-11-14(21)9-10-18(16)25-20/h2-3,5,7,9-11,17H,4,6,8,12H2,1H3. The largest absolute Gasteiger partial charge is 0.431 e. The van der Waals surface area contributed by atoms with Gasteiger partial charge in [0.2, 0.25) is 5.91 Å². The normalized spacial score (nSPS) is 16.5. The van der Waals surface area contributed by atoms with Crippen LogP contribution in [0.25, 0.3) is 11.1 Å². The van der Waals surface area contributed by atoms with Gasteiger partial charge in [-0.2, -0.15) is 0 Å². The molecule has 4 nitrogen and oxygen atoms in total. The zero-order valence-corrected chi connectivity index (χ0v) is 16.0. The van der Waals surface area contributed by atoms with E-state index >= 15 is 0 Å². The lowest BCUT2D eigenvalue weighted by atomic mass is 9.87. The molecule has 0 saturated carbocycles. The average molecular weight is 387 g/mol. The van der Waals surface area contributed by atoms with Gasteiger partial charge < -0.3 is 9.32 Å². The number of nitrogens with zero attached hydrogens (tertiary/aromatic N) is 2. The molecule has 0 fully saturated rings. The van der Waals surface area contributed by atoms with Crippen molar-refractivity contribution in [1.82, 2.24) is 9.88 Å². The van der Waals surface area contributed by atoms with Crippen LogP contribution in [0.5, 0.6) is 0 Å². The van der Waals surface area contributed by atoms with Gasteiger partial charge in [-0.25, -0.2) is 4.98 Å². The van der Waals surface area contributed by atoms with Gasteiger partial charge in [0.05, 0.1) is 11.8 Å². The Bertz CT molecular complexity index is 956. The summed E-state index contributed by atoms with van der Waals surface area (Å²) in [5.74, 6) is 0.382. The molecule has 1 aromatic heterocycles. The lowest BCUT2D eigenvalue weighted by Crippen LogP contribution is -2.34. The van der Waals surface area contributed by atoms with E-state index in [9.17, 15) is 4.79 Å². The van der Waals surface area contributed by atoms with Crippen LogP contribution in [0, 0.1) is 0 Å². The summed E-state index contributed by atoms with van der Waals surface area (Å²) in [6.45, 7) is 0. The molecule has 134 valence electrons. The molecule has 0 N–H and O–H groups in total. The van der Waals surface area contributed by atoms with Crippen molar-refractivity contribution in [3.05, 3.63) is 58.6 Å². The summed E-state index contributed by atoms with van der Waals surface area (Å²) >= 11 is 7.30. The van der Waals surface area contributed by atoms with Crippen LogP contribution < -0.4 is 0 Å². The number of hydrogen-bond acceptors (Lipinski definition) is 4. The first-order valence-corrected chi connectivity index (χ1v) is 10.0. The van der Waals surface area contributed by atoms with Crippen molar-refractivity contribution in [3.63, 3.8) is 0 Å². The third-order valence-corrected chi connectivity index (χ3v) is 5.90. The molecule has 0 aliphatic heterocycles. The van der Waals surface area contributed by atoms with Crippen LogP contribution in [0.4, 0.5) is 0 Å². The SMILES string of the molecule is CN(C(=O)CSc1nc2cc(Cl)ccc2o1)C1CCCc2ccccc21. The van der Waals surface area contributed by atoms with Crippen molar-refractivity contribution in [3.8, 4) is 0 Å². The quantitative estimate of drug-likeness (QED) is 0.584. The lowest BCUT2D eigenvalue weighted by Gasteiger charge is -2.33. The number of thioether (sulfide) groups is 1. The minimum absolute atomic E-state index is 0.0805. The zero-order chi connectivity index (χ0) is 18.1. The van der Waals surface area contributed by atoms with E-state index in [-0.39, 0.29) is 11.9 Å². The number of aryl methyl sites for hydroxylation is 1. The monoisotopic (exact) mass is 386 g/mol. The Morgan fingerprint density at radius 3 is 3.08 bits per heavy atom. The van der Waals surface area contributed by atoms with Crippen LogP contribution in [-0.4, -0.2) is 28.6 Å². The summed E-state index contributed by atoms with van der Waals surface area (Å²) in [6, 6.07) is 13.9. The Kier molecular flexibility index (Phi) is 4.92. The Labute approximate surface area is 161 Å². The number of aromatic nitrogens is 1. The highest BCUT2D eigenvalue weighted by molar-refractivity contribution is 7.99. The first-order chi connectivity index (χ1) is 12.6. The summed E-state index contributed by atoms with van der Waals surface area (Å²) in [5.41, 5.74) is 4.02. The summed E-state index contributed by atoms with van der Waals surface area (Å²) < 4.78 is 5.68. The van der Waals surface area contributed by atoms with E-state index in [1.165, 1.54) is 22.9 Å². The molecule has 1 aliphatic carbocycles.